The summed E-state index contributed by atoms with van der Waals surface area (Å²) in [5.41, 5.74) is 6.07. The fraction of sp³-hybridized carbons (Fsp3) is 0.455. The molecule has 0 radical (unpaired) electrons. The maximum absolute atomic E-state index is 14.8. The normalized spacial score (nSPS) is 23.6. The molecule has 2 atom stereocenters. The monoisotopic (exact) mass is 771 g/mol. The number of piperidine rings is 3. The molecule has 13 heteroatoms. The SMILES string of the molecule is Cc1c(N2CC3(CCN(c4ccc(C(=O)N5CCC(N6Cc7cc8c(cc7C6)C(=O)N(C6CCC(=O)NC6=O)C8=O)CC5)cc4)CC3)C[C@@H]2C)ccc(C#N)c1F. The largest absolute Gasteiger partial charge is 0.371 e. The number of nitrogens with zero attached hydrogens (tertiary/aromatic N) is 6. The van der Waals surface area contributed by atoms with E-state index in [0.717, 1.165) is 79.1 Å². The molecule has 4 saturated heterocycles. The van der Waals surface area contributed by atoms with Gasteiger partial charge >= 0.3 is 0 Å². The molecule has 4 fully saturated rings. The molecule has 0 bridgehead atoms. The van der Waals surface area contributed by atoms with Crippen LogP contribution in [0.5, 0.6) is 0 Å². The standard InChI is InChI=1S/C44H46FN7O5/c1-26-21-44(25-51(26)36-8-5-29(22-46)39(45)27(36)2)13-17-48(18-14-44)32-6-3-28(4-7-32)41(55)49-15-11-33(12-16-49)50-23-30-19-34-35(20-31(30)24-50)43(57)52(42(34)56)37-9-10-38(53)47-40(37)54/h3-8,19-20,26,33,37H,9-18,21,23-25H2,1-2H3,(H,47,53,54)/t26-,37?/m0/s1. The molecule has 6 aliphatic rings. The van der Waals surface area contributed by atoms with E-state index in [0.29, 0.717) is 48.4 Å². The number of hydrogen-bond donors (Lipinski definition) is 1. The van der Waals surface area contributed by atoms with Crippen LogP contribution < -0.4 is 15.1 Å². The zero-order valence-electron chi connectivity index (χ0n) is 32.4. The van der Waals surface area contributed by atoms with Crippen LogP contribution >= 0.6 is 0 Å². The lowest BCUT2D eigenvalue weighted by molar-refractivity contribution is -0.136. The third-order valence-corrected chi connectivity index (χ3v) is 13.6. The Kier molecular flexibility index (Phi) is 9.15. The number of halogens is 1. The van der Waals surface area contributed by atoms with E-state index in [-0.39, 0.29) is 41.8 Å². The number of amides is 5. The summed E-state index contributed by atoms with van der Waals surface area (Å²) in [5.74, 6) is -2.38. The van der Waals surface area contributed by atoms with Crippen molar-refractivity contribution in [2.75, 3.05) is 42.5 Å². The zero-order valence-corrected chi connectivity index (χ0v) is 32.4. The summed E-state index contributed by atoms with van der Waals surface area (Å²) in [7, 11) is 0. The van der Waals surface area contributed by atoms with E-state index in [9.17, 15) is 33.6 Å². The fourth-order valence-corrected chi connectivity index (χ4v) is 10.4. The van der Waals surface area contributed by atoms with Gasteiger partial charge in [0.25, 0.3) is 17.7 Å². The Morgan fingerprint density at radius 2 is 1.54 bits per heavy atom. The highest BCUT2D eigenvalue weighted by atomic mass is 19.1. The predicted octanol–water partition coefficient (Wildman–Crippen LogP) is 4.91. The summed E-state index contributed by atoms with van der Waals surface area (Å²) in [6, 6.07) is 16.6. The molecule has 0 saturated carbocycles. The van der Waals surface area contributed by atoms with Crippen molar-refractivity contribution >= 4 is 40.9 Å². The Morgan fingerprint density at radius 1 is 0.895 bits per heavy atom. The van der Waals surface area contributed by atoms with Gasteiger partial charge in [-0.2, -0.15) is 5.26 Å². The molecule has 9 rings (SSSR count). The highest BCUT2D eigenvalue weighted by Crippen LogP contribution is 2.46. The van der Waals surface area contributed by atoms with Gasteiger partial charge in [-0.1, -0.05) is 0 Å². The van der Waals surface area contributed by atoms with Crippen LogP contribution in [0.1, 0.15) is 105 Å². The number of likely N-dealkylation sites (tertiary alicyclic amines) is 1. The van der Waals surface area contributed by atoms with E-state index >= 15 is 0 Å². The van der Waals surface area contributed by atoms with Gasteiger partial charge in [-0.15, -0.1) is 0 Å². The summed E-state index contributed by atoms with van der Waals surface area (Å²) in [6.07, 6.45) is 4.98. The van der Waals surface area contributed by atoms with Crippen molar-refractivity contribution in [1.82, 2.24) is 20.0 Å². The molecule has 12 nitrogen and oxygen atoms in total. The van der Waals surface area contributed by atoms with Crippen LogP contribution in [0.15, 0.2) is 48.5 Å². The molecular formula is C44H46FN7O5. The molecule has 57 heavy (non-hydrogen) atoms. The van der Waals surface area contributed by atoms with E-state index < -0.39 is 35.5 Å². The number of nitriles is 1. The molecule has 0 aliphatic carbocycles. The van der Waals surface area contributed by atoms with Crippen LogP contribution in [0.3, 0.4) is 0 Å². The minimum Gasteiger partial charge on any atom is -0.371 e. The molecular weight excluding hydrogens is 726 g/mol. The lowest BCUT2D eigenvalue weighted by Crippen LogP contribution is -2.54. The van der Waals surface area contributed by atoms with Gasteiger partial charge in [0.2, 0.25) is 11.8 Å². The van der Waals surface area contributed by atoms with Gasteiger partial charge in [0.1, 0.15) is 17.9 Å². The van der Waals surface area contributed by atoms with Crippen molar-refractivity contribution in [3.63, 3.8) is 0 Å². The van der Waals surface area contributed by atoms with Crippen LogP contribution in [-0.2, 0) is 22.7 Å². The first kappa shape index (κ1) is 37.0. The second-order valence-electron chi connectivity index (χ2n) is 16.9. The minimum absolute atomic E-state index is 0.0332. The van der Waals surface area contributed by atoms with Crippen molar-refractivity contribution in [3.05, 3.63) is 93.3 Å². The number of nitrogens with one attached hydrogen (secondary N) is 1. The maximum atomic E-state index is 14.8. The molecule has 5 amide bonds. The number of carbonyl (C=O) groups excluding carboxylic acids is 5. The quantitative estimate of drug-likeness (QED) is 0.359. The topological polar surface area (TPSA) is 137 Å². The van der Waals surface area contributed by atoms with Crippen molar-refractivity contribution in [2.45, 2.75) is 90.0 Å². The summed E-state index contributed by atoms with van der Waals surface area (Å²) >= 11 is 0. The van der Waals surface area contributed by atoms with Gasteiger partial charge in [-0.25, -0.2) is 4.39 Å². The smallest absolute Gasteiger partial charge is 0.262 e. The first-order valence-corrected chi connectivity index (χ1v) is 20.2. The number of carbonyl (C=O) groups is 5. The van der Waals surface area contributed by atoms with Crippen LogP contribution in [0.2, 0.25) is 0 Å². The zero-order chi connectivity index (χ0) is 39.7. The summed E-state index contributed by atoms with van der Waals surface area (Å²) in [4.78, 5) is 74.4. The first-order valence-electron chi connectivity index (χ1n) is 20.2. The maximum Gasteiger partial charge on any atom is 0.262 e. The molecule has 1 spiro atoms. The van der Waals surface area contributed by atoms with E-state index in [2.05, 4.69) is 39.1 Å². The van der Waals surface area contributed by atoms with Crippen molar-refractivity contribution in [3.8, 4) is 6.07 Å². The second-order valence-corrected chi connectivity index (χ2v) is 16.9. The molecule has 3 aromatic carbocycles. The molecule has 1 unspecified atom stereocenters. The van der Waals surface area contributed by atoms with E-state index in [1.807, 2.05) is 29.2 Å². The van der Waals surface area contributed by atoms with E-state index in [1.54, 1.807) is 25.1 Å². The molecule has 3 aromatic rings. The van der Waals surface area contributed by atoms with Crippen molar-refractivity contribution in [2.24, 2.45) is 5.41 Å². The summed E-state index contributed by atoms with van der Waals surface area (Å²) < 4.78 is 14.8. The molecule has 6 aliphatic heterocycles. The van der Waals surface area contributed by atoms with Gasteiger partial charge in [-0.05, 0) is 117 Å². The number of benzene rings is 3. The lowest BCUT2D eigenvalue weighted by atomic mass is 9.76. The third-order valence-electron chi connectivity index (χ3n) is 13.6. The Hall–Kier alpha value is -5.61. The van der Waals surface area contributed by atoms with Crippen molar-refractivity contribution < 1.29 is 28.4 Å². The molecule has 0 aromatic heterocycles. The average Bonchev–Trinajstić information content (AvgIpc) is 3.85. The van der Waals surface area contributed by atoms with Gasteiger partial charge in [0.05, 0.1) is 16.7 Å². The minimum atomic E-state index is -0.980. The number of hydrogen-bond acceptors (Lipinski definition) is 9. The van der Waals surface area contributed by atoms with Crippen LogP contribution in [0, 0.1) is 29.5 Å². The third kappa shape index (κ3) is 6.34. The first-order chi connectivity index (χ1) is 27.4. The predicted molar refractivity (Wildman–Crippen MR) is 209 cm³/mol. The van der Waals surface area contributed by atoms with Gasteiger partial charge in [0, 0.05) is 86.8 Å². The highest BCUT2D eigenvalue weighted by molar-refractivity contribution is 6.23. The highest BCUT2D eigenvalue weighted by Gasteiger charge is 2.47. The Bertz CT molecular complexity index is 2210. The Morgan fingerprint density at radius 3 is 2.16 bits per heavy atom. The van der Waals surface area contributed by atoms with Crippen LogP contribution in [0.4, 0.5) is 15.8 Å². The molecule has 1 N–H and O–H groups in total. The van der Waals surface area contributed by atoms with Gasteiger partial charge < -0.3 is 14.7 Å². The Labute approximate surface area is 331 Å². The molecule has 6 heterocycles. The average molecular weight is 772 g/mol. The lowest BCUT2D eigenvalue weighted by Gasteiger charge is -2.40. The fourth-order valence-electron chi connectivity index (χ4n) is 10.4. The number of rotatable bonds is 5. The summed E-state index contributed by atoms with van der Waals surface area (Å²) in [6.45, 7) is 9.26. The number of imide groups is 2. The van der Waals surface area contributed by atoms with Crippen LogP contribution in [-0.4, -0.2) is 95.1 Å². The van der Waals surface area contributed by atoms with Gasteiger partial charge in [-0.3, -0.25) is 39.1 Å². The molecule has 294 valence electrons. The van der Waals surface area contributed by atoms with Crippen LogP contribution in [0.25, 0.3) is 0 Å². The number of anilines is 2. The van der Waals surface area contributed by atoms with Crippen molar-refractivity contribution in [1.29, 1.82) is 5.26 Å². The Balaban J connectivity index is 0.769. The second kappa shape index (κ2) is 14.1. The van der Waals surface area contributed by atoms with E-state index in [4.69, 9.17) is 0 Å². The number of fused-ring (bicyclic) bond motifs is 2. The van der Waals surface area contributed by atoms with Gasteiger partial charge in [0.15, 0.2) is 0 Å². The van der Waals surface area contributed by atoms with E-state index in [1.165, 1.54) is 0 Å². The summed E-state index contributed by atoms with van der Waals surface area (Å²) in [5, 5.41) is 11.5.